The molecule has 0 unspecified atom stereocenters. The van der Waals surface area contributed by atoms with Crippen LogP contribution in [0.3, 0.4) is 0 Å². The van der Waals surface area contributed by atoms with E-state index >= 15 is 0 Å². The van der Waals surface area contributed by atoms with E-state index in [1.807, 2.05) is 0 Å². The van der Waals surface area contributed by atoms with Crippen molar-refractivity contribution in [3.05, 3.63) is 84.3 Å². The number of fused-ring (bicyclic) bond motifs is 4. The Labute approximate surface area is 190 Å². The minimum Gasteiger partial charge on any atom is -0.464 e. The predicted molar refractivity (Wildman–Crippen MR) is 117 cm³/mol. The number of amides is 2. The van der Waals surface area contributed by atoms with Gasteiger partial charge >= 0.3 is 0 Å². The molecule has 6 heterocycles. The lowest BCUT2D eigenvalue weighted by Crippen LogP contribution is -2.29. The van der Waals surface area contributed by atoms with Gasteiger partial charge in [-0.1, -0.05) is 12.1 Å². The fourth-order valence-electron chi connectivity index (χ4n) is 4.27. The molecule has 0 saturated carbocycles. The molecule has 1 aliphatic rings. The van der Waals surface area contributed by atoms with Gasteiger partial charge < -0.3 is 13.3 Å². The third kappa shape index (κ3) is 2.53. The SMILES string of the molecule is O=C1c2ccccc2C(=O)N1Cc1nc2c3c(-c4ccco4)c(-c4ccco4)oc3ncn2n1. The molecule has 2 amide bonds. The van der Waals surface area contributed by atoms with E-state index in [0.717, 1.165) is 4.90 Å². The molecule has 7 rings (SSSR count). The molecule has 164 valence electrons. The number of benzene rings is 1. The summed E-state index contributed by atoms with van der Waals surface area (Å²) in [5.74, 6) is 1.04. The van der Waals surface area contributed by atoms with E-state index < -0.39 is 0 Å². The second-order valence-corrected chi connectivity index (χ2v) is 7.72. The van der Waals surface area contributed by atoms with Gasteiger partial charge in [0.15, 0.2) is 23.0 Å². The summed E-state index contributed by atoms with van der Waals surface area (Å²) in [6.07, 6.45) is 4.58. The van der Waals surface area contributed by atoms with Gasteiger partial charge in [-0.2, -0.15) is 0 Å². The summed E-state index contributed by atoms with van der Waals surface area (Å²) in [7, 11) is 0. The van der Waals surface area contributed by atoms with Crippen molar-refractivity contribution >= 4 is 28.6 Å². The number of carbonyl (C=O) groups excluding carboxylic acids is 2. The first-order valence-corrected chi connectivity index (χ1v) is 10.4. The summed E-state index contributed by atoms with van der Waals surface area (Å²) >= 11 is 0. The monoisotopic (exact) mass is 451 g/mol. The Balaban J connectivity index is 1.38. The standard InChI is InChI=1S/C24H13N5O5/c30-23-13-5-1-2-6-14(13)24(31)28(23)11-17-26-21-19-18(15-7-3-9-32-15)20(16-8-4-10-33-16)34-22(19)25-12-29(21)27-17/h1-10,12H,11H2. The van der Waals surface area contributed by atoms with Crippen molar-refractivity contribution in [2.75, 3.05) is 0 Å². The van der Waals surface area contributed by atoms with Gasteiger partial charge in [0.2, 0.25) is 5.71 Å². The van der Waals surface area contributed by atoms with Crippen molar-refractivity contribution in [3.63, 3.8) is 0 Å². The first-order valence-electron chi connectivity index (χ1n) is 10.4. The number of carbonyl (C=O) groups is 2. The summed E-state index contributed by atoms with van der Waals surface area (Å²) in [5, 5.41) is 5.03. The van der Waals surface area contributed by atoms with Gasteiger partial charge in [-0.15, -0.1) is 5.10 Å². The molecule has 0 atom stereocenters. The second kappa shape index (κ2) is 6.75. The molecule has 5 aromatic heterocycles. The largest absolute Gasteiger partial charge is 0.464 e. The minimum absolute atomic E-state index is 0.0749. The first kappa shape index (κ1) is 18.6. The molecule has 10 nitrogen and oxygen atoms in total. The Bertz CT molecular complexity index is 1690. The number of imide groups is 1. The molecule has 34 heavy (non-hydrogen) atoms. The van der Waals surface area contributed by atoms with Crippen LogP contribution >= 0.6 is 0 Å². The Kier molecular flexibility index (Phi) is 3.69. The van der Waals surface area contributed by atoms with Gasteiger partial charge in [-0.25, -0.2) is 14.5 Å². The molecule has 0 N–H and O–H groups in total. The van der Waals surface area contributed by atoms with E-state index in [2.05, 4.69) is 15.1 Å². The molecular weight excluding hydrogens is 438 g/mol. The van der Waals surface area contributed by atoms with Crippen molar-refractivity contribution in [1.82, 2.24) is 24.5 Å². The zero-order valence-electron chi connectivity index (χ0n) is 17.3. The number of aromatic nitrogens is 4. The lowest BCUT2D eigenvalue weighted by atomic mass is 10.1. The predicted octanol–water partition coefficient (Wildman–Crippen LogP) is 4.19. The van der Waals surface area contributed by atoms with Crippen molar-refractivity contribution in [3.8, 4) is 22.8 Å². The van der Waals surface area contributed by atoms with Crippen LogP contribution < -0.4 is 0 Å². The van der Waals surface area contributed by atoms with Gasteiger partial charge in [0.25, 0.3) is 11.8 Å². The van der Waals surface area contributed by atoms with Gasteiger partial charge in [0.05, 0.1) is 41.1 Å². The summed E-state index contributed by atoms with van der Waals surface area (Å²) in [4.78, 5) is 35.7. The first-order chi connectivity index (χ1) is 16.7. The van der Waals surface area contributed by atoms with Crippen molar-refractivity contribution in [2.45, 2.75) is 6.54 Å². The number of hydrogen-bond donors (Lipinski definition) is 0. The Morgan fingerprint density at radius 1 is 0.853 bits per heavy atom. The van der Waals surface area contributed by atoms with Crippen LogP contribution in [0.15, 0.2) is 80.6 Å². The van der Waals surface area contributed by atoms with Gasteiger partial charge in [0.1, 0.15) is 12.1 Å². The summed E-state index contributed by atoms with van der Waals surface area (Å²) in [6.45, 7) is -0.0749. The Hall–Kier alpha value is -4.99. The fourth-order valence-corrected chi connectivity index (χ4v) is 4.27. The highest BCUT2D eigenvalue weighted by atomic mass is 16.4. The normalized spacial score (nSPS) is 13.5. The Morgan fingerprint density at radius 2 is 1.56 bits per heavy atom. The van der Waals surface area contributed by atoms with Crippen LogP contribution in [0.25, 0.3) is 39.6 Å². The molecule has 6 aromatic rings. The van der Waals surface area contributed by atoms with Crippen molar-refractivity contribution in [2.24, 2.45) is 0 Å². The number of hydrogen-bond acceptors (Lipinski definition) is 8. The maximum atomic E-state index is 12.8. The number of rotatable bonds is 4. The van der Waals surface area contributed by atoms with Crippen LogP contribution in [0, 0.1) is 0 Å². The van der Waals surface area contributed by atoms with Crippen molar-refractivity contribution in [1.29, 1.82) is 0 Å². The van der Waals surface area contributed by atoms with E-state index in [1.165, 1.54) is 10.8 Å². The average molecular weight is 451 g/mol. The smallest absolute Gasteiger partial charge is 0.261 e. The highest BCUT2D eigenvalue weighted by molar-refractivity contribution is 6.21. The van der Waals surface area contributed by atoms with Crippen LogP contribution in [-0.2, 0) is 6.54 Å². The van der Waals surface area contributed by atoms with E-state index in [4.69, 9.17) is 13.3 Å². The molecule has 1 aromatic carbocycles. The second-order valence-electron chi connectivity index (χ2n) is 7.72. The number of furan rings is 3. The van der Waals surface area contributed by atoms with E-state index in [0.29, 0.717) is 50.7 Å². The average Bonchev–Trinajstić information content (AvgIpc) is 3.67. The maximum absolute atomic E-state index is 12.8. The summed E-state index contributed by atoms with van der Waals surface area (Å²) < 4.78 is 18.7. The van der Waals surface area contributed by atoms with Crippen LogP contribution in [0.4, 0.5) is 0 Å². The lowest BCUT2D eigenvalue weighted by molar-refractivity contribution is 0.0638. The molecule has 0 aliphatic carbocycles. The molecule has 10 heteroatoms. The Morgan fingerprint density at radius 3 is 2.24 bits per heavy atom. The molecule has 1 aliphatic heterocycles. The molecule has 0 saturated heterocycles. The van der Waals surface area contributed by atoms with Crippen LogP contribution in [0.5, 0.6) is 0 Å². The molecule has 0 spiro atoms. The zero-order chi connectivity index (χ0) is 22.8. The maximum Gasteiger partial charge on any atom is 0.261 e. The minimum atomic E-state index is -0.373. The highest BCUT2D eigenvalue weighted by Crippen LogP contribution is 2.41. The topological polar surface area (TPSA) is 120 Å². The van der Waals surface area contributed by atoms with E-state index in [9.17, 15) is 9.59 Å². The lowest BCUT2D eigenvalue weighted by Gasteiger charge is -2.10. The van der Waals surface area contributed by atoms with Gasteiger partial charge in [-0.05, 0) is 36.4 Å². The zero-order valence-corrected chi connectivity index (χ0v) is 17.3. The van der Waals surface area contributed by atoms with E-state index in [1.54, 1.807) is 61.1 Å². The van der Waals surface area contributed by atoms with Crippen LogP contribution in [0.2, 0.25) is 0 Å². The molecule has 0 fully saturated rings. The third-order valence-corrected chi connectivity index (χ3v) is 5.76. The van der Waals surface area contributed by atoms with Crippen molar-refractivity contribution < 1.29 is 22.8 Å². The summed E-state index contributed by atoms with van der Waals surface area (Å²) in [6, 6.07) is 13.8. The van der Waals surface area contributed by atoms with Gasteiger partial charge in [0, 0.05) is 0 Å². The molecule has 0 bridgehead atoms. The molecule has 0 radical (unpaired) electrons. The van der Waals surface area contributed by atoms with E-state index in [-0.39, 0.29) is 24.2 Å². The molecular formula is C24H13N5O5. The number of nitrogens with zero attached hydrogens (tertiary/aromatic N) is 5. The quantitative estimate of drug-likeness (QED) is 0.366. The van der Waals surface area contributed by atoms with Gasteiger partial charge in [-0.3, -0.25) is 14.5 Å². The fraction of sp³-hybridized carbons (Fsp3) is 0.0417. The third-order valence-electron chi connectivity index (χ3n) is 5.76. The van der Waals surface area contributed by atoms with Crippen LogP contribution in [0.1, 0.15) is 26.5 Å². The van der Waals surface area contributed by atoms with Crippen LogP contribution in [-0.4, -0.2) is 36.3 Å². The summed E-state index contributed by atoms with van der Waals surface area (Å²) in [5.41, 5.74) is 2.14. The highest BCUT2D eigenvalue weighted by Gasteiger charge is 2.36.